The van der Waals surface area contributed by atoms with Crippen molar-refractivity contribution in [1.82, 2.24) is 0 Å². The van der Waals surface area contributed by atoms with E-state index in [0.29, 0.717) is 19.7 Å². The molecule has 5 heteroatoms. The summed E-state index contributed by atoms with van der Waals surface area (Å²) in [5, 5.41) is 0. The molecule has 0 spiro atoms. The van der Waals surface area contributed by atoms with Gasteiger partial charge in [0, 0.05) is 0 Å². The molecule has 0 radical (unpaired) electrons. The topological polar surface area (TPSA) is 61.8 Å². The number of carbonyl (C=O) groups excluding carboxylic acids is 2. The van der Waals surface area contributed by atoms with Crippen LogP contribution in [0.2, 0.25) is 0 Å². The van der Waals surface area contributed by atoms with E-state index in [4.69, 9.17) is 4.74 Å². The number of cyclic esters (lactones) is 2. The first-order valence-electron chi connectivity index (χ1n) is 4.21. The van der Waals surface area contributed by atoms with Crippen LogP contribution in [0.3, 0.4) is 0 Å². The Bertz CT molecular complexity index is 179. The minimum absolute atomic E-state index is 0.122. The van der Waals surface area contributed by atoms with Crippen molar-refractivity contribution in [3.63, 3.8) is 0 Å². The lowest BCUT2D eigenvalue weighted by atomic mass is 10.2. The van der Waals surface area contributed by atoms with Gasteiger partial charge < -0.3 is 14.2 Å². The van der Waals surface area contributed by atoms with E-state index in [-0.39, 0.29) is 6.10 Å². The molecule has 0 bridgehead atoms. The van der Waals surface area contributed by atoms with Crippen molar-refractivity contribution in [2.45, 2.75) is 25.4 Å². The standard InChI is InChI=1S/C8H12O5/c9-6-11-4-2-1-3-7-5-12-8(10)13-7/h6-7H,1-5H2. The van der Waals surface area contributed by atoms with Crippen LogP contribution < -0.4 is 0 Å². The van der Waals surface area contributed by atoms with E-state index in [1.807, 2.05) is 0 Å². The predicted molar refractivity (Wildman–Crippen MR) is 42.1 cm³/mol. The summed E-state index contributed by atoms with van der Waals surface area (Å²) >= 11 is 0. The Morgan fingerprint density at radius 2 is 2.38 bits per heavy atom. The largest absolute Gasteiger partial charge is 0.508 e. The Kier molecular flexibility index (Phi) is 4.08. The molecule has 1 heterocycles. The van der Waals surface area contributed by atoms with E-state index in [9.17, 15) is 9.59 Å². The molecule has 1 unspecified atom stereocenters. The lowest BCUT2D eigenvalue weighted by Gasteiger charge is -2.04. The molecule has 0 aromatic rings. The monoisotopic (exact) mass is 188 g/mol. The number of carbonyl (C=O) groups is 2. The molecule has 0 amide bonds. The van der Waals surface area contributed by atoms with Crippen LogP contribution in [0, 0.1) is 0 Å². The van der Waals surface area contributed by atoms with Gasteiger partial charge in [-0.2, -0.15) is 0 Å². The second kappa shape index (κ2) is 5.40. The van der Waals surface area contributed by atoms with Crippen molar-refractivity contribution >= 4 is 12.6 Å². The van der Waals surface area contributed by atoms with E-state index < -0.39 is 6.16 Å². The highest BCUT2D eigenvalue weighted by atomic mass is 16.8. The van der Waals surface area contributed by atoms with Crippen molar-refractivity contribution < 1.29 is 23.8 Å². The molecule has 5 nitrogen and oxygen atoms in total. The number of rotatable bonds is 6. The number of unbranched alkanes of at least 4 members (excludes halogenated alkanes) is 1. The lowest BCUT2D eigenvalue weighted by Crippen LogP contribution is -2.09. The molecular weight excluding hydrogens is 176 g/mol. The highest BCUT2D eigenvalue weighted by Crippen LogP contribution is 2.12. The third-order valence-electron chi connectivity index (χ3n) is 1.76. The first kappa shape index (κ1) is 9.83. The molecule has 74 valence electrons. The summed E-state index contributed by atoms with van der Waals surface area (Å²) in [5.41, 5.74) is 0. The van der Waals surface area contributed by atoms with Crippen LogP contribution in [-0.4, -0.2) is 31.9 Å². The van der Waals surface area contributed by atoms with Crippen LogP contribution in [0.4, 0.5) is 4.79 Å². The van der Waals surface area contributed by atoms with Crippen molar-refractivity contribution in [2.75, 3.05) is 13.2 Å². The first-order chi connectivity index (χ1) is 6.33. The number of ether oxygens (including phenoxy) is 3. The maximum absolute atomic E-state index is 10.5. The SMILES string of the molecule is O=COCCCCC1COC(=O)O1. The molecule has 0 aromatic heterocycles. The summed E-state index contributed by atoms with van der Waals surface area (Å²) in [6, 6.07) is 0. The van der Waals surface area contributed by atoms with Gasteiger partial charge in [0.25, 0.3) is 6.47 Å². The molecule has 0 N–H and O–H groups in total. The summed E-state index contributed by atoms with van der Waals surface area (Å²) < 4.78 is 13.9. The molecule has 1 aliphatic heterocycles. The third kappa shape index (κ3) is 3.78. The lowest BCUT2D eigenvalue weighted by molar-refractivity contribution is -0.128. The Labute approximate surface area is 76.0 Å². The van der Waals surface area contributed by atoms with E-state index >= 15 is 0 Å². The number of hydrogen-bond acceptors (Lipinski definition) is 5. The zero-order valence-electron chi connectivity index (χ0n) is 7.23. The van der Waals surface area contributed by atoms with Crippen LogP contribution in [-0.2, 0) is 19.0 Å². The zero-order valence-corrected chi connectivity index (χ0v) is 7.23. The Morgan fingerprint density at radius 3 is 3.00 bits per heavy atom. The van der Waals surface area contributed by atoms with E-state index in [1.165, 1.54) is 0 Å². The zero-order chi connectivity index (χ0) is 9.52. The molecular formula is C8H12O5. The summed E-state index contributed by atoms with van der Waals surface area (Å²) in [6.45, 7) is 1.19. The third-order valence-corrected chi connectivity index (χ3v) is 1.76. The molecule has 13 heavy (non-hydrogen) atoms. The Hall–Kier alpha value is -1.26. The van der Waals surface area contributed by atoms with Crippen LogP contribution >= 0.6 is 0 Å². The highest BCUT2D eigenvalue weighted by Gasteiger charge is 2.23. The quantitative estimate of drug-likeness (QED) is 0.351. The van der Waals surface area contributed by atoms with Crippen LogP contribution in [0.25, 0.3) is 0 Å². The van der Waals surface area contributed by atoms with Gasteiger partial charge in [0.15, 0.2) is 0 Å². The predicted octanol–water partition coefficient (Wildman–Crippen LogP) is 0.865. The van der Waals surface area contributed by atoms with Crippen LogP contribution in [0.1, 0.15) is 19.3 Å². The van der Waals surface area contributed by atoms with Crippen LogP contribution in [0.5, 0.6) is 0 Å². The van der Waals surface area contributed by atoms with Crippen molar-refractivity contribution in [2.24, 2.45) is 0 Å². The molecule has 1 rings (SSSR count). The van der Waals surface area contributed by atoms with Crippen molar-refractivity contribution in [1.29, 1.82) is 0 Å². The average molecular weight is 188 g/mol. The number of hydrogen-bond donors (Lipinski definition) is 0. The smallest absolute Gasteiger partial charge is 0.468 e. The summed E-state index contributed by atoms with van der Waals surface area (Å²) in [6.07, 6.45) is 1.69. The molecule has 1 atom stereocenters. The minimum atomic E-state index is -0.589. The Morgan fingerprint density at radius 1 is 1.54 bits per heavy atom. The van der Waals surface area contributed by atoms with Crippen molar-refractivity contribution in [3.05, 3.63) is 0 Å². The van der Waals surface area contributed by atoms with Gasteiger partial charge in [-0.3, -0.25) is 4.79 Å². The highest BCUT2D eigenvalue weighted by molar-refractivity contribution is 5.61. The molecule has 0 aliphatic carbocycles. The first-order valence-corrected chi connectivity index (χ1v) is 4.21. The van der Waals surface area contributed by atoms with Gasteiger partial charge >= 0.3 is 6.16 Å². The Balaban J connectivity index is 1.94. The average Bonchev–Trinajstić information content (AvgIpc) is 2.51. The second-order valence-corrected chi connectivity index (χ2v) is 2.76. The maximum Gasteiger partial charge on any atom is 0.508 e. The summed E-state index contributed by atoms with van der Waals surface area (Å²) in [7, 11) is 0. The van der Waals surface area contributed by atoms with Gasteiger partial charge in [0.05, 0.1) is 6.61 Å². The fraction of sp³-hybridized carbons (Fsp3) is 0.750. The van der Waals surface area contributed by atoms with Gasteiger partial charge in [0.2, 0.25) is 0 Å². The van der Waals surface area contributed by atoms with E-state index in [1.54, 1.807) is 0 Å². The summed E-state index contributed by atoms with van der Waals surface area (Å²) in [5.74, 6) is 0. The van der Waals surface area contributed by atoms with Gasteiger partial charge in [-0.25, -0.2) is 4.79 Å². The van der Waals surface area contributed by atoms with Gasteiger partial charge in [0.1, 0.15) is 12.7 Å². The van der Waals surface area contributed by atoms with Gasteiger partial charge in [-0.05, 0) is 19.3 Å². The molecule has 0 aromatic carbocycles. The fourth-order valence-electron chi connectivity index (χ4n) is 1.11. The van der Waals surface area contributed by atoms with Crippen molar-refractivity contribution in [3.8, 4) is 0 Å². The molecule has 0 saturated carbocycles. The second-order valence-electron chi connectivity index (χ2n) is 2.76. The van der Waals surface area contributed by atoms with Gasteiger partial charge in [-0.15, -0.1) is 0 Å². The van der Waals surface area contributed by atoms with E-state index in [2.05, 4.69) is 9.47 Å². The van der Waals surface area contributed by atoms with Crippen LogP contribution in [0.15, 0.2) is 0 Å². The molecule has 1 saturated heterocycles. The van der Waals surface area contributed by atoms with E-state index in [0.717, 1.165) is 19.3 Å². The minimum Gasteiger partial charge on any atom is -0.468 e. The summed E-state index contributed by atoms with van der Waals surface area (Å²) in [4.78, 5) is 20.2. The molecule has 1 aliphatic rings. The van der Waals surface area contributed by atoms with Gasteiger partial charge in [-0.1, -0.05) is 0 Å². The normalized spacial score (nSPS) is 20.6. The maximum atomic E-state index is 10.5. The molecule has 1 fully saturated rings. The fourth-order valence-corrected chi connectivity index (χ4v) is 1.11.